The number of nitrogens with one attached hydrogen (secondary N) is 1. The number of nitrogens with two attached hydrogens (primary N) is 1. The van der Waals surface area contributed by atoms with Crippen molar-refractivity contribution in [3.8, 4) is 22.6 Å². The fraction of sp³-hybridized carbons (Fsp3) is 0.250. The van der Waals surface area contributed by atoms with Crippen LogP contribution < -0.4 is 20.5 Å². The van der Waals surface area contributed by atoms with Gasteiger partial charge in [0.15, 0.2) is 0 Å². The fourth-order valence-electron chi connectivity index (χ4n) is 4.34. The number of rotatable bonds is 6. The van der Waals surface area contributed by atoms with Crippen LogP contribution in [0, 0.1) is 0 Å². The Balaban J connectivity index is 0.000000212. The molecule has 1 saturated heterocycles. The Kier molecular flexibility index (Phi) is 9.42. The average molecular weight is 570 g/mol. The maximum atomic E-state index is 11.5. The largest absolute Gasteiger partial charge is 0.495 e. The van der Waals surface area contributed by atoms with Gasteiger partial charge in [0, 0.05) is 62.1 Å². The Morgan fingerprint density at radius 2 is 1.74 bits per heavy atom. The summed E-state index contributed by atoms with van der Waals surface area (Å²) in [4.78, 5) is 22.2. The number of nitrogens with zero attached hydrogens (tertiary/aromatic N) is 3. The molecule has 11 heteroatoms. The van der Waals surface area contributed by atoms with E-state index < -0.39 is 5.97 Å². The number of methoxy groups -OCH3 is 2. The first-order valence-corrected chi connectivity index (χ1v) is 12.9. The molecule has 0 spiro atoms. The van der Waals surface area contributed by atoms with E-state index in [9.17, 15) is 9.90 Å². The predicted octanol–water partition coefficient (Wildman–Crippen LogP) is 4.99. The molecular weight excluding hydrogens is 541 g/mol. The molecule has 1 aliphatic heterocycles. The fourth-order valence-corrected chi connectivity index (χ4v) is 5.05. The highest BCUT2D eigenvalue weighted by atomic mass is 35.5. The molecule has 0 atom stereocenters. The Bertz CT molecular complexity index is 1430. The zero-order chi connectivity index (χ0) is 27.9. The van der Waals surface area contributed by atoms with Gasteiger partial charge in [-0.05, 0) is 29.3 Å². The first kappa shape index (κ1) is 28.4. The Hall–Kier alpha value is -3.63. The number of ether oxygens (including phenoxy) is 2. The molecule has 0 radical (unpaired) electrons. The van der Waals surface area contributed by atoms with E-state index in [0.717, 1.165) is 32.7 Å². The SMILES string of the molecule is COc1cc(OC)c(Cl)c(-c2ccc(C(=O)O)c3ncccc23)c1Cl.Nc1ccc(CN2CCNCC2)cn1. The number of carbonyl (C=O) groups is 1. The summed E-state index contributed by atoms with van der Waals surface area (Å²) in [6, 6.07) is 12.1. The second-order valence-corrected chi connectivity index (χ2v) is 9.52. The van der Waals surface area contributed by atoms with Gasteiger partial charge in [0.05, 0.1) is 35.3 Å². The summed E-state index contributed by atoms with van der Waals surface area (Å²) in [5.74, 6) is 0.333. The van der Waals surface area contributed by atoms with Crippen molar-refractivity contribution in [3.63, 3.8) is 0 Å². The van der Waals surface area contributed by atoms with Crippen LogP contribution in [0.4, 0.5) is 5.82 Å². The number of carboxylic acids is 1. The Labute approximate surface area is 236 Å². The van der Waals surface area contributed by atoms with E-state index in [1.165, 1.54) is 32.0 Å². The molecule has 1 aliphatic rings. The van der Waals surface area contributed by atoms with Gasteiger partial charge in [-0.15, -0.1) is 0 Å². The Morgan fingerprint density at radius 3 is 2.33 bits per heavy atom. The van der Waals surface area contributed by atoms with Crippen molar-refractivity contribution in [1.82, 2.24) is 20.2 Å². The number of anilines is 1. The number of nitrogen functional groups attached to an aromatic ring is 1. The summed E-state index contributed by atoms with van der Waals surface area (Å²) >= 11 is 13.0. The lowest BCUT2D eigenvalue weighted by Gasteiger charge is -2.26. The van der Waals surface area contributed by atoms with E-state index in [-0.39, 0.29) is 5.56 Å². The van der Waals surface area contributed by atoms with Crippen molar-refractivity contribution in [2.24, 2.45) is 0 Å². The highest BCUT2D eigenvalue weighted by Gasteiger charge is 2.22. The van der Waals surface area contributed by atoms with Gasteiger partial charge in [-0.1, -0.05) is 41.4 Å². The van der Waals surface area contributed by atoms with Gasteiger partial charge in [-0.2, -0.15) is 0 Å². The van der Waals surface area contributed by atoms with E-state index in [2.05, 4.69) is 20.2 Å². The van der Waals surface area contributed by atoms with Gasteiger partial charge in [0.25, 0.3) is 0 Å². The highest BCUT2D eigenvalue weighted by molar-refractivity contribution is 6.41. The molecule has 9 nitrogen and oxygen atoms in total. The highest BCUT2D eigenvalue weighted by Crippen LogP contribution is 2.47. The average Bonchev–Trinajstić information content (AvgIpc) is 2.95. The van der Waals surface area contributed by atoms with Crippen LogP contribution in [0.3, 0.4) is 0 Å². The number of aromatic nitrogens is 2. The summed E-state index contributed by atoms with van der Waals surface area (Å²) in [7, 11) is 2.98. The van der Waals surface area contributed by atoms with Gasteiger partial charge < -0.3 is 25.6 Å². The zero-order valence-corrected chi connectivity index (χ0v) is 23.1. The minimum absolute atomic E-state index is 0.0986. The van der Waals surface area contributed by atoms with Crippen LogP contribution in [0.25, 0.3) is 22.0 Å². The third-order valence-electron chi connectivity index (χ3n) is 6.31. The van der Waals surface area contributed by atoms with Crippen molar-refractivity contribution in [3.05, 3.63) is 76.0 Å². The monoisotopic (exact) mass is 569 g/mol. The third kappa shape index (κ3) is 6.51. The van der Waals surface area contributed by atoms with Crippen LogP contribution in [0.15, 0.2) is 54.9 Å². The number of halogens is 2. The lowest BCUT2D eigenvalue weighted by atomic mass is 9.97. The first-order chi connectivity index (χ1) is 18.8. The zero-order valence-electron chi connectivity index (χ0n) is 21.6. The van der Waals surface area contributed by atoms with E-state index in [4.69, 9.17) is 38.4 Å². The normalized spacial score (nSPS) is 13.4. The van der Waals surface area contributed by atoms with Crippen LogP contribution in [0.2, 0.25) is 10.0 Å². The van der Waals surface area contributed by atoms with Crippen molar-refractivity contribution in [2.45, 2.75) is 6.54 Å². The number of piperazine rings is 1. The lowest BCUT2D eigenvalue weighted by Crippen LogP contribution is -2.42. The maximum Gasteiger partial charge on any atom is 0.337 e. The van der Waals surface area contributed by atoms with Gasteiger partial charge >= 0.3 is 5.97 Å². The van der Waals surface area contributed by atoms with E-state index in [0.29, 0.717) is 49.4 Å². The molecule has 3 heterocycles. The summed E-state index contributed by atoms with van der Waals surface area (Å²) < 4.78 is 10.6. The molecule has 0 unspecified atom stereocenters. The van der Waals surface area contributed by atoms with Crippen LogP contribution >= 0.6 is 23.2 Å². The van der Waals surface area contributed by atoms with Crippen LogP contribution in [0.1, 0.15) is 15.9 Å². The van der Waals surface area contributed by atoms with Gasteiger partial charge in [0.1, 0.15) is 17.3 Å². The number of hydrogen-bond acceptors (Lipinski definition) is 8. The van der Waals surface area contributed by atoms with Gasteiger partial charge in [-0.25, -0.2) is 9.78 Å². The van der Waals surface area contributed by atoms with Crippen molar-refractivity contribution in [1.29, 1.82) is 0 Å². The van der Waals surface area contributed by atoms with Crippen LogP contribution in [-0.4, -0.2) is 66.3 Å². The molecule has 0 amide bonds. The molecule has 39 heavy (non-hydrogen) atoms. The number of hydrogen-bond donors (Lipinski definition) is 3. The van der Waals surface area contributed by atoms with Crippen molar-refractivity contribution < 1.29 is 19.4 Å². The van der Waals surface area contributed by atoms with Crippen LogP contribution in [0.5, 0.6) is 11.5 Å². The van der Waals surface area contributed by atoms with Crippen LogP contribution in [-0.2, 0) is 6.54 Å². The molecule has 2 aromatic heterocycles. The summed E-state index contributed by atoms with van der Waals surface area (Å²) in [5, 5.41) is 13.9. The second-order valence-electron chi connectivity index (χ2n) is 8.77. The first-order valence-electron chi connectivity index (χ1n) is 12.2. The minimum Gasteiger partial charge on any atom is -0.495 e. The molecule has 4 N–H and O–H groups in total. The lowest BCUT2D eigenvalue weighted by molar-refractivity contribution is 0.0699. The molecule has 0 bridgehead atoms. The summed E-state index contributed by atoms with van der Waals surface area (Å²) in [6.07, 6.45) is 3.39. The molecule has 204 valence electrons. The van der Waals surface area contributed by atoms with Gasteiger partial charge in [0.2, 0.25) is 0 Å². The molecule has 5 rings (SSSR count). The maximum absolute atomic E-state index is 11.5. The number of aromatic carboxylic acids is 1. The molecule has 1 fully saturated rings. The molecular formula is C28H29Cl2N5O4. The minimum atomic E-state index is -1.06. The van der Waals surface area contributed by atoms with E-state index >= 15 is 0 Å². The number of pyridine rings is 2. The number of carboxylic acid groups (broad SMARTS) is 1. The summed E-state index contributed by atoms with van der Waals surface area (Å²) in [6.45, 7) is 5.38. The number of fused-ring (bicyclic) bond motifs is 1. The van der Waals surface area contributed by atoms with E-state index in [1.807, 2.05) is 18.3 Å². The predicted molar refractivity (Wildman–Crippen MR) is 154 cm³/mol. The van der Waals surface area contributed by atoms with Crippen molar-refractivity contribution >= 4 is 45.9 Å². The smallest absolute Gasteiger partial charge is 0.337 e. The van der Waals surface area contributed by atoms with E-state index in [1.54, 1.807) is 24.3 Å². The summed E-state index contributed by atoms with van der Waals surface area (Å²) in [5.41, 5.74) is 8.34. The van der Waals surface area contributed by atoms with Crippen molar-refractivity contribution in [2.75, 3.05) is 46.1 Å². The quantitative estimate of drug-likeness (QED) is 0.294. The molecule has 2 aromatic carbocycles. The molecule has 4 aromatic rings. The molecule has 0 saturated carbocycles. The third-order valence-corrected chi connectivity index (χ3v) is 7.06. The van der Waals surface area contributed by atoms with Gasteiger partial charge in [-0.3, -0.25) is 9.88 Å². The molecule has 0 aliphatic carbocycles. The standard InChI is InChI=1S/C18H13Cl2NO4.C10H16N4/c1-24-12-8-13(25-2)16(20)14(15(12)19)9-5-6-11(18(22)23)17-10(9)4-3-7-21-17;11-10-2-1-9(7-13-10)8-14-5-3-12-4-6-14/h3-8H,1-2H3,(H,22,23);1-2,7,12H,3-6,8H2,(H2,11,13). The topological polar surface area (TPSA) is 123 Å². The number of benzene rings is 2. The Morgan fingerprint density at radius 1 is 1.05 bits per heavy atom. The second kappa shape index (κ2) is 12.9.